The molecule has 1 atom stereocenters. The quantitative estimate of drug-likeness (QED) is 0.255. The summed E-state index contributed by atoms with van der Waals surface area (Å²) in [5.74, 6) is 2.00. The van der Waals surface area contributed by atoms with Gasteiger partial charge in [-0.25, -0.2) is 9.37 Å². The Morgan fingerprint density at radius 2 is 1.68 bits per heavy atom. The summed E-state index contributed by atoms with van der Waals surface area (Å²) in [6.07, 6.45) is 4.55. The summed E-state index contributed by atoms with van der Waals surface area (Å²) < 4.78 is 30.9. The van der Waals surface area contributed by atoms with Crippen molar-refractivity contribution in [2.75, 3.05) is 20.3 Å². The first-order valence-electron chi connectivity index (χ1n) is 15.0. The van der Waals surface area contributed by atoms with E-state index in [-0.39, 0.29) is 23.7 Å². The van der Waals surface area contributed by atoms with Crippen molar-refractivity contribution in [1.29, 1.82) is 0 Å². The molecule has 1 aromatic heterocycles. The lowest BCUT2D eigenvalue weighted by Crippen LogP contribution is -2.29. The highest BCUT2D eigenvalue weighted by Crippen LogP contribution is 2.44. The molecule has 6 nitrogen and oxygen atoms in total. The number of nitrogens with one attached hydrogen (secondary N) is 1. The number of benzene rings is 2. The van der Waals surface area contributed by atoms with Gasteiger partial charge in [-0.15, -0.1) is 0 Å². The van der Waals surface area contributed by atoms with Crippen LogP contribution in [0.5, 0.6) is 17.2 Å². The fourth-order valence-electron chi connectivity index (χ4n) is 4.59. The van der Waals surface area contributed by atoms with Crippen LogP contribution in [0, 0.1) is 18.7 Å². The van der Waals surface area contributed by atoms with E-state index in [0.29, 0.717) is 47.6 Å². The molecule has 0 bridgehead atoms. The molecule has 5 rings (SSSR count). The van der Waals surface area contributed by atoms with Crippen molar-refractivity contribution in [3.8, 4) is 28.5 Å². The zero-order valence-electron chi connectivity index (χ0n) is 25.6. The Bertz CT molecular complexity index is 1270. The van der Waals surface area contributed by atoms with Crippen LogP contribution in [-0.4, -0.2) is 37.3 Å². The number of rotatable bonds is 11. The second kappa shape index (κ2) is 15.4. The topological polar surface area (TPSA) is 69.7 Å². The molecule has 41 heavy (non-hydrogen) atoms. The molecule has 2 fully saturated rings. The number of pyridine rings is 1. The monoisotopic (exact) mass is 564 g/mol. The summed E-state index contributed by atoms with van der Waals surface area (Å²) in [6.45, 7) is 12.9. The smallest absolute Gasteiger partial charge is 0.251 e. The zero-order valence-corrected chi connectivity index (χ0v) is 25.6. The molecule has 0 aliphatic heterocycles. The van der Waals surface area contributed by atoms with Gasteiger partial charge in [0.05, 0.1) is 19.8 Å². The zero-order chi connectivity index (χ0) is 29.9. The average Bonchev–Trinajstić information content (AvgIpc) is 3.94. The van der Waals surface area contributed by atoms with Crippen molar-refractivity contribution in [2.24, 2.45) is 5.92 Å². The van der Waals surface area contributed by atoms with Gasteiger partial charge in [-0.3, -0.25) is 4.79 Å². The summed E-state index contributed by atoms with van der Waals surface area (Å²) >= 11 is 0. The minimum atomic E-state index is -0.295. The molecule has 1 unspecified atom stereocenters. The molecular formula is C34H45FN2O4. The van der Waals surface area contributed by atoms with Crippen LogP contribution >= 0.6 is 0 Å². The Morgan fingerprint density at radius 3 is 2.27 bits per heavy atom. The Morgan fingerprint density at radius 1 is 1.00 bits per heavy atom. The lowest BCUT2D eigenvalue weighted by molar-refractivity contribution is 0.0949. The van der Waals surface area contributed by atoms with Gasteiger partial charge in [0.15, 0.2) is 11.5 Å². The maximum Gasteiger partial charge on any atom is 0.251 e. The molecule has 3 aromatic rings. The Kier molecular flexibility index (Phi) is 12.0. The molecular weight excluding hydrogens is 519 g/mol. The average molecular weight is 565 g/mol. The van der Waals surface area contributed by atoms with Gasteiger partial charge in [-0.1, -0.05) is 27.7 Å². The molecule has 0 saturated heterocycles. The molecule has 2 aromatic carbocycles. The molecule has 2 saturated carbocycles. The Balaban J connectivity index is 0.00000111. The number of hydrogen-bond donors (Lipinski definition) is 1. The van der Waals surface area contributed by atoms with E-state index in [1.807, 2.05) is 41.5 Å². The maximum atomic E-state index is 13.6. The molecule has 0 radical (unpaired) electrons. The van der Waals surface area contributed by atoms with Gasteiger partial charge in [0.1, 0.15) is 17.3 Å². The van der Waals surface area contributed by atoms with Gasteiger partial charge in [0, 0.05) is 29.3 Å². The third-order valence-electron chi connectivity index (χ3n) is 6.88. The summed E-state index contributed by atoms with van der Waals surface area (Å²) in [6, 6.07) is 13.7. The standard InChI is InChI=1S/C30H33FN2O4.2C2H6/c1-4-36-29-18(2)15-25(33-28(29)20-7-10-22(31)11-8-20)24(19-5-6-19)17-32-30(34)21-9-14-26(27(16-21)35-3)37-23-12-13-23;2*1-2/h7-11,14-16,19,23-24H,4-6,12-13,17H2,1-3H3,(H,32,34);2*1-2H3. The third-order valence-corrected chi connectivity index (χ3v) is 6.88. The SMILES string of the molecule is CC.CC.CCOc1c(C)cc(C(CNC(=O)c2ccc(OC3CC3)c(OC)c2)C2CC2)nc1-c1ccc(F)cc1. The van der Waals surface area contributed by atoms with E-state index < -0.39 is 0 Å². The number of carbonyl (C=O) groups is 1. The Hall–Kier alpha value is -3.61. The van der Waals surface area contributed by atoms with Gasteiger partial charge >= 0.3 is 0 Å². The van der Waals surface area contributed by atoms with Gasteiger partial charge in [0.2, 0.25) is 0 Å². The number of methoxy groups -OCH3 is 1. The maximum absolute atomic E-state index is 13.6. The lowest BCUT2D eigenvalue weighted by atomic mass is 9.96. The third kappa shape index (κ3) is 8.44. The Labute approximate surface area is 244 Å². The van der Waals surface area contributed by atoms with Crippen molar-refractivity contribution in [2.45, 2.75) is 79.2 Å². The van der Waals surface area contributed by atoms with Crippen molar-refractivity contribution in [3.63, 3.8) is 0 Å². The largest absolute Gasteiger partial charge is 0.493 e. The second-order valence-electron chi connectivity index (χ2n) is 9.82. The molecule has 7 heteroatoms. The number of ether oxygens (including phenoxy) is 3. The van der Waals surface area contributed by atoms with E-state index in [9.17, 15) is 9.18 Å². The summed E-state index contributed by atoms with van der Waals surface area (Å²) in [5, 5.41) is 3.11. The van der Waals surface area contributed by atoms with E-state index in [2.05, 4.69) is 11.4 Å². The van der Waals surface area contributed by atoms with Crippen LogP contribution in [0.3, 0.4) is 0 Å². The number of carbonyl (C=O) groups excluding carboxylic acids is 1. The highest BCUT2D eigenvalue weighted by atomic mass is 19.1. The van der Waals surface area contributed by atoms with Crippen molar-refractivity contribution in [1.82, 2.24) is 10.3 Å². The molecule has 2 aliphatic carbocycles. The van der Waals surface area contributed by atoms with E-state index in [4.69, 9.17) is 19.2 Å². The first-order valence-corrected chi connectivity index (χ1v) is 15.0. The van der Waals surface area contributed by atoms with E-state index >= 15 is 0 Å². The van der Waals surface area contributed by atoms with Gasteiger partial charge in [-0.2, -0.15) is 0 Å². The van der Waals surface area contributed by atoms with Crippen LogP contribution < -0.4 is 19.5 Å². The van der Waals surface area contributed by atoms with Crippen LogP contribution in [0.2, 0.25) is 0 Å². The van der Waals surface area contributed by atoms with Crippen molar-refractivity contribution >= 4 is 5.91 Å². The molecule has 2 aliphatic rings. The van der Waals surface area contributed by atoms with Crippen LogP contribution in [0.4, 0.5) is 4.39 Å². The number of aromatic nitrogens is 1. The van der Waals surface area contributed by atoms with Crippen LogP contribution in [0.25, 0.3) is 11.3 Å². The number of amides is 1. The van der Waals surface area contributed by atoms with Crippen LogP contribution in [-0.2, 0) is 0 Å². The van der Waals surface area contributed by atoms with Gasteiger partial charge in [0.25, 0.3) is 5.91 Å². The summed E-state index contributed by atoms with van der Waals surface area (Å²) in [5.41, 5.74) is 3.91. The second-order valence-corrected chi connectivity index (χ2v) is 9.82. The molecule has 222 valence electrons. The van der Waals surface area contributed by atoms with Gasteiger partial charge in [-0.05, 0) is 99.5 Å². The van der Waals surface area contributed by atoms with E-state index in [1.54, 1.807) is 37.4 Å². The van der Waals surface area contributed by atoms with Gasteiger partial charge < -0.3 is 19.5 Å². The van der Waals surface area contributed by atoms with Crippen molar-refractivity contribution < 1.29 is 23.4 Å². The predicted molar refractivity (Wildman–Crippen MR) is 163 cm³/mol. The number of halogens is 1. The first kappa shape index (κ1) is 31.9. The molecule has 1 amide bonds. The first-order chi connectivity index (χ1) is 20.0. The minimum Gasteiger partial charge on any atom is -0.493 e. The summed E-state index contributed by atoms with van der Waals surface area (Å²) in [4.78, 5) is 18.1. The fourth-order valence-corrected chi connectivity index (χ4v) is 4.59. The molecule has 0 spiro atoms. The normalized spacial score (nSPS) is 14.4. The highest BCUT2D eigenvalue weighted by Gasteiger charge is 2.34. The van der Waals surface area contributed by atoms with E-state index in [0.717, 1.165) is 42.5 Å². The van der Waals surface area contributed by atoms with Crippen LogP contribution in [0.15, 0.2) is 48.5 Å². The molecule has 1 heterocycles. The molecule has 1 N–H and O–H groups in total. The number of nitrogens with zero attached hydrogens (tertiary/aromatic N) is 1. The fraction of sp³-hybridized carbons (Fsp3) is 0.471. The number of hydrogen-bond acceptors (Lipinski definition) is 5. The van der Waals surface area contributed by atoms with E-state index in [1.165, 1.54) is 12.1 Å². The van der Waals surface area contributed by atoms with Crippen molar-refractivity contribution in [3.05, 3.63) is 71.2 Å². The lowest BCUT2D eigenvalue weighted by Gasteiger charge is -2.21. The van der Waals surface area contributed by atoms with Crippen LogP contribution in [0.1, 0.15) is 87.8 Å². The summed E-state index contributed by atoms with van der Waals surface area (Å²) in [7, 11) is 1.58. The minimum absolute atomic E-state index is 0.0666. The number of aryl methyl sites for hydroxylation is 1. The highest BCUT2D eigenvalue weighted by molar-refractivity contribution is 5.95. The predicted octanol–water partition coefficient (Wildman–Crippen LogP) is 8.12.